The molecule has 1 aliphatic rings. The number of rotatable bonds is 7. The Balaban J connectivity index is 0.00000196. The van der Waals surface area contributed by atoms with Gasteiger partial charge in [-0.15, -0.1) is 24.8 Å². The Morgan fingerprint density at radius 3 is 2.14 bits per heavy atom. The lowest BCUT2D eigenvalue weighted by Crippen LogP contribution is -2.46. The van der Waals surface area contributed by atoms with Gasteiger partial charge in [0.05, 0.1) is 0 Å². The molecule has 0 spiro atoms. The summed E-state index contributed by atoms with van der Waals surface area (Å²) >= 11 is 0. The first-order valence-corrected chi connectivity index (χ1v) is 9.54. The van der Waals surface area contributed by atoms with Crippen LogP contribution in [0.25, 0.3) is 0 Å². The summed E-state index contributed by atoms with van der Waals surface area (Å²) in [4.78, 5) is 17.1. The molecule has 0 aromatic heterocycles. The number of nitrogens with one attached hydrogen (secondary N) is 1. The van der Waals surface area contributed by atoms with E-state index in [1.807, 2.05) is 31.2 Å². The SMILES string of the molecule is Cc1ccc(C(=O)NCCCN2CCN(Cc3ccccc3)CC2)cc1.Cl.Cl. The molecule has 28 heavy (non-hydrogen) atoms. The minimum atomic E-state index is 0. The molecule has 0 atom stereocenters. The number of aryl methyl sites for hydroxylation is 1. The number of hydrogen-bond acceptors (Lipinski definition) is 3. The summed E-state index contributed by atoms with van der Waals surface area (Å²) < 4.78 is 0. The van der Waals surface area contributed by atoms with Gasteiger partial charge in [-0.25, -0.2) is 0 Å². The van der Waals surface area contributed by atoms with Crippen LogP contribution in [-0.4, -0.2) is 55.0 Å². The van der Waals surface area contributed by atoms with Crippen LogP contribution in [-0.2, 0) is 6.54 Å². The van der Waals surface area contributed by atoms with Crippen LogP contribution < -0.4 is 5.32 Å². The molecular weight excluding hydrogens is 393 g/mol. The molecule has 1 heterocycles. The Bertz CT molecular complexity index is 687. The number of amides is 1. The van der Waals surface area contributed by atoms with Gasteiger partial charge in [0.2, 0.25) is 0 Å². The minimum absolute atomic E-state index is 0. The van der Waals surface area contributed by atoms with Crippen molar-refractivity contribution in [3.8, 4) is 0 Å². The maximum absolute atomic E-state index is 12.1. The highest BCUT2D eigenvalue weighted by Gasteiger charge is 2.16. The van der Waals surface area contributed by atoms with E-state index in [1.54, 1.807) is 0 Å². The molecule has 0 radical (unpaired) electrons. The molecule has 2 aromatic rings. The van der Waals surface area contributed by atoms with E-state index in [0.717, 1.165) is 57.8 Å². The van der Waals surface area contributed by atoms with Crippen molar-refractivity contribution in [2.75, 3.05) is 39.3 Å². The van der Waals surface area contributed by atoms with Crippen LogP contribution in [0.15, 0.2) is 54.6 Å². The van der Waals surface area contributed by atoms with E-state index >= 15 is 0 Å². The Labute approximate surface area is 181 Å². The molecule has 1 N–H and O–H groups in total. The summed E-state index contributed by atoms with van der Waals surface area (Å²) in [5, 5.41) is 3.02. The van der Waals surface area contributed by atoms with E-state index in [1.165, 1.54) is 11.1 Å². The predicted molar refractivity (Wildman–Crippen MR) is 121 cm³/mol. The zero-order valence-electron chi connectivity index (χ0n) is 16.5. The maximum atomic E-state index is 12.1. The molecule has 0 bridgehead atoms. The number of carbonyl (C=O) groups is 1. The molecule has 0 unspecified atom stereocenters. The van der Waals surface area contributed by atoms with Gasteiger partial charge in [-0.3, -0.25) is 9.69 Å². The van der Waals surface area contributed by atoms with Gasteiger partial charge >= 0.3 is 0 Å². The van der Waals surface area contributed by atoms with Crippen LogP contribution in [0, 0.1) is 6.92 Å². The van der Waals surface area contributed by atoms with E-state index < -0.39 is 0 Å². The van der Waals surface area contributed by atoms with Crippen LogP contribution in [0.3, 0.4) is 0 Å². The molecule has 0 aliphatic carbocycles. The standard InChI is InChI=1S/C22H29N3O.2ClH/c1-19-8-10-21(11-9-19)22(26)23-12-5-13-24-14-16-25(17-15-24)18-20-6-3-2-4-7-20;;/h2-4,6-11H,5,12-18H2,1H3,(H,23,26);2*1H. The maximum Gasteiger partial charge on any atom is 0.251 e. The molecular formula is C22H31Cl2N3O. The van der Waals surface area contributed by atoms with Crippen molar-refractivity contribution < 1.29 is 4.79 Å². The first-order chi connectivity index (χ1) is 12.7. The fraction of sp³-hybridized carbons (Fsp3) is 0.409. The topological polar surface area (TPSA) is 35.6 Å². The van der Waals surface area contributed by atoms with Gasteiger partial charge in [0.1, 0.15) is 0 Å². The van der Waals surface area contributed by atoms with Gasteiger partial charge < -0.3 is 10.2 Å². The number of hydrogen-bond donors (Lipinski definition) is 1. The second-order valence-electron chi connectivity index (χ2n) is 7.08. The fourth-order valence-corrected chi connectivity index (χ4v) is 3.32. The average molecular weight is 424 g/mol. The van der Waals surface area contributed by atoms with E-state index in [2.05, 4.69) is 45.4 Å². The van der Waals surface area contributed by atoms with Crippen molar-refractivity contribution in [3.63, 3.8) is 0 Å². The van der Waals surface area contributed by atoms with Crippen LogP contribution in [0.5, 0.6) is 0 Å². The highest BCUT2D eigenvalue weighted by atomic mass is 35.5. The second kappa shape index (κ2) is 12.8. The first-order valence-electron chi connectivity index (χ1n) is 9.54. The van der Waals surface area contributed by atoms with Crippen molar-refractivity contribution >= 4 is 30.7 Å². The molecule has 154 valence electrons. The van der Waals surface area contributed by atoms with E-state index in [4.69, 9.17) is 0 Å². The smallest absolute Gasteiger partial charge is 0.251 e. The van der Waals surface area contributed by atoms with Crippen molar-refractivity contribution in [2.24, 2.45) is 0 Å². The molecule has 1 fully saturated rings. The molecule has 1 amide bonds. The summed E-state index contributed by atoms with van der Waals surface area (Å²) in [6.07, 6.45) is 0.996. The van der Waals surface area contributed by atoms with Crippen LogP contribution in [0.4, 0.5) is 0 Å². The van der Waals surface area contributed by atoms with Crippen molar-refractivity contribution in [1.29, 1.82) is 0 Å². The summed E-state index contributed by atoms with van der Waals surface area (Å²) in [6, 6.07) is 18.4. The van der Waals surface area contributed by atoms with Crippen molar-refractivity contribution in [2.45, 2.75) is 19.9 Å². The Kier molecular flexibility index (Phi) is 11.2. The molecule has 1 aliphatic heterocycles. The zero-order chi connectivity index (χ0) is 18.2. The largest absolute Gasteiger partial charge is 0.352 e. The molecule has 0 saturated carbocycles. The predicted octanol–water partition coefficient (Wildman–Crippen LogP) is 3.78. The summed E-state index contributed by atoms with van der Waals surface area (Å²) in [6.45, 7) is 9.31. The number of benzene rings is 2. The monoisotopic (exact) mass is 423 g/mol. The Morgan fingerprint density at radius 1 is 0.893 bits per heavy atom. The zero-order valence-corrected chi connectivity index (χ0v) is 18.1. The molecule has 1 saturated heterocycles. The normalized spacial score (nSPS) is 14.6. The van der Waals surface area contributed by atoms with Gasteiger partial charge in [-0.2, -0.15) is 0 Å². The lowest BCUT2D eigenvalue weighted by atomic mass is 10.1. The summed E-state index contributed by atoms with van der Waals surface area (Å²) in [7, 11) is 0. The van der Waals surface area contributed by atoms with Crippen molar-refractivity contribution in [3.05, 3.63) is 71.3 Å². The van der Waals surface area contributed by atoms with Gasteiger partial charge in [0.25, 0.3) is 5.91 Å². The summed E-state index contributed by atoms with van der Waals surface area (Å²) in [5.41, 5.74) is 3.30. The Hall–Kier alpha value is -1.59. The van der Waals surface area contributed by atoms with Gasteiger partial charge in [-0.1, -0.05) is 48.0 Å². The third-order valence-corrected chi connectivity index (χ3v) is 4.96. The van der Waals surface area contributed by atoms with E-state index in [9.17, 15) is 4.79 Å². The highest BCUT2D eigenvalue weighted by Crippen LogP contribution is 2.08. The third kappa shape index (κ3) is 7.80. The molecule has 6 heteroatoms. The number of carbonyl (C=O) groups excluding carboxylic acids is 1. The van der Waals surface area contributed by atoms with Crippen LogP contribution >= 0.6 is 24.8 Å². The fourth-order valence-electron chi connectivity index (χ4n) is 3.32. The van der Waals surface area contributed by atoms with E-state index in [-0.39, 0.29) is 30.7 Å². The van der Waals surface area contributed by atoms with Crippen molar-refractivity contribution in [1.82, 2.24) is 15.1 Å². The minimum Gasteiger partial charge on any atom is -0.352 e. The number of halogens is 2. The molecule has 3 rings (SSSR count). The number of nitrogens with zero attached hydrogens (tertiary/aromatic N) is 2. The number of piperazine rings is 1. The highest BCUT2D eigenvalue weighted by molar-refractivity contribution is 5.94. The van der Waals surface area contributed by atoms with Gasteiger partial charge in [0.15, 0.2) is 0 Å². The lowest BCUT2D eigenvalue weighted by molar-refractivity contribution is 0.0947. The molecule has 2 aromatic carbocycles. The summed E-state index contributed by atoms with van der Waals surface area (Å²) in [5.74, 6) is 0.0256. The van der Waals surface area contributed by atoms with Crippen LogP contribution in [0.1, 0.15) is 27.9 Å². The van der Waals surface area contributed by atoms with Gasteiger partial charge in [-0.05, 0) is 37.6 Å². The second-order valence-corrected chi connectivity index (χ2v) is 7.08. The Morgan fingerprint density at radius 2 is 1.50 bits per heavy atom. The average Bonchev–Trinajstić information content (AvgIpc) is 2.68. The third-order valence-electron chi connectivity index (χ3n) is 4.96. The first kappa shape index (κ1) is 24.4. The lowest BCUT2D eigenvalue weighted by Gasteiger charge is -2.34. The molecule has 4 nitrogen and oxygen atoms in total. The van der Waals surface area contributed by atoms with Gasteiger partial charge in [0, 0.05) is 44.8 Å². The van der Waals surface area contributed by atoms with E-state index in [0.29, 0.717) is 0 Å². The quantitative estimate of drug-likeness (QED) is 0.688. The van der Waals surface area contributed by atoms with Crippen LogP contribution in [0.2, 0.25) is 0 Å².